The second-order valence-electron chi connectivity index (χ2n) is 7.55. The summed E-state index contributed by atoms with van der Waals surface area (Å²) >= 11 is 0. The van der Waals surface area contributed by atoms with E-state index in [1.165, 1.54) is 16.4 Å². The summed E-state index contributed by atoms with van der Waals surface area (Å²) in [5, 5.41) is 4.58. The van der Waals surface area contributed by atoms with Crippen LogP contribution in [0.25, 0.3) is 0 Å². The molecule has 10 heteroatoms. The van der Waals surface area contributed by atoms with E-state index in [0.29, 0.717) is 17.2 Å². The predicted octanol–water partition coefficient (Wildman–Crippen LogP) is 2.89. The zero-order valence-electron chi connectivity index (χ0n) is 18.3. The van der Waals surface area contributed by atoms with Gasteiger partial charge in [0.15, 0.2) is 0 Å². The number of nitrogens with zero attached hydrogens (tertiary/aromatic N) is 1. The van der Waals surface area contributed by atoms with Gasteiger partial charge < -0.3 is 14.8 Å². The zero-order chi connectivity index (χ0) is 24.1. The molecule has 4 rings (SSSR count). The first-order valence-electron chi connectivity index (χ1n) is 10.4. The molecule has 1 fully saturated rings. The van der Waals surface area contributed by atoms with Gasteiger partial charge in [-0.1, -0.05) is 30.3 Å². The van der Waals surface area contributed by atoms with Crippen LogP contribution in [0.1, 0.15) is 5.56 Å². The molecule has 9 nitrogen and oxygen atoms in total. The summed E-state index contributed by atoms with van der Waals surface area (Å²) in [6, 6.07) is 20.4. The molecule has 0 radical (unpaired) electrons. The van der Waals surface area contributed by atoms with Crippen LogP contribution >= 0.6 is 0 Å². The Kier molecular flexibility index (Phi) is 6.80. The minimum absolute atomic E-state index is 0.0346. The molecule has 1 atom stereocenters. The Balaban J connectivity index is 1.55. The van der Waals surface area contributed by atoms with Crippen LogP contribution in [0.4, 0.5) is 4.79 Å². The second-order valence-corrected chi connectivity index (χ2v) is 9.49. The third kappa shape index (κ3) is 5.36. The van der Waals surface area contributed by atoms with Gasteiger partial charge in [0.25, 0.3) is 5.91 Å². The van der Waals surface area contributed by atoms with E-state index in [0.717, 1.165) is 5.56 Å². The molecule has 3 aromatic carbocycles. The van der Waals surface area contributed by atoms with Crippen LogP contribution in [-0.2, 0) is 21.4 Å². The highest BCUT2D eigenvalue weighted by Gasteiger charge is 2.35. The van der Waals surface area contributed by atoms with Gasteiger partial charge >= 0.3 is 6.03 Å². The van der Waals surface area contributed by atoms with Gasteiger partial charge in [0.05, 0.1) is 12.0 Å². The second kappa shape index (κ2) is 9.94. The van der Waals surface area contributed by atoms with E-state index in [1.54, 1.807) is 67.8 Å². The van der Waals surface area contributed by atoms with Crippen molar-refractivity contribution in [2.45, 2.75) is 17.5 Å². The van der Waals surface area contributed by atoms with Crippen molar-refractivity contribution in [2.24, 2.45) is 0 Å². The lowest BCUT2D eigenvalue weighted by molar-refractivity contribution is -0.120. The topological polar surface area (TPSA) is 114 Å². The third-order valence-corrected chi connectivity index (χ3v) is 7.03. The molecule has 2 N–H and O–H groups in total. The maximum Gasteiger partial charge on any atom is 0.322 e. The molecule has 0 aliphatic carbocycles. The lowest BCUT2D eigenvalue weighted by Crippen LogP contribution is -2.44. The molecule has 1 aliphatic heterocycles. The Hall–Kier alpha value is -3.89. The van der Waals surface area contributed by atoms with Crippen molar-refractivity contribution >= 4 is 22.0 Å². The van der Waals surface area contributed by atoms with Crippen LogP contribution in [-0.4, -0.2) is 44.4 Å². The van der Waals surface area contributed by atoms with Crippen molar-refractivity contribution < 1.29 is 27.5 Å². The highest BCUT2D eigenvalue weighted by molar-refractivity contribution is 7.89. The van der Waals surface area contributed by atoms with Gasteiger partial charge in [-0.15, -0.1) is 0 Å². The molecule has 176 valence electrons. The first-order chi connectivity index (χ1) is 16.3. The quantitative estimate of drug-likeness (QED) is 0.455. The first kappa shape index (κ1) is 23.3. The highest BCUT2D eigenvalue weighted by atomic mass is 32.2. The van der Waals surface area contributed by atoms with Gasteiger partial charge in [0.2, 0.25) is 10.0 Å². The number of amides is 3. The fourth-order valence-electron chi connectivity index (χ4n) is 3.43. The minimum atomic E-state index is -4.00. The largest absolute Gasteiger partial charge is 0.497 e. The lowest BCUT2D eigenvalue weighted by atomic mass is 10.2. The summed E-state index contributed by atoms with van der Waals surface area (Å²) in [5.41, 5.74) is 0.746. The Morgan fingerprint density at radius 1 is 0.853 bits per heavy atom. The van der Waals surface area contributed by atoms with E-state index < -0.39 is 28.0 Å². The number of imide groups is 1. The number of sulfonamides is 1. The van der Waals surface area contributed by atoms with Crippen molar-refractivity contribution in [1.29, 1.82) is 0 Å². The van der Waals surface area contributed by atoms with Gasteiger partial charge in [0, 0.05) is 13.1 Å². The maximum atomic E-state index is 13.5. The summed E-state index contributed by atoms with van der Waals surface area (Å²) in [7, 11) is -2.42. The van der Waals surface area contributed by atoms with Crippen LogP contribution in [0, 0.1) is 0 Å². The summed E-state index contributed by atoms with van der Waals surface area (Å²) in [6.07, 6.45) is 0. The summed E-state index contributed by atoms with van der Waals surface area (Å²) in [6.45, 7) is -0.175. The van der Waals surface area contributed by atoms with Crippen molar-refractivity contribution in [3.8, 4) is 17.2 Å². The average molecular weight is 482 g/mol. The number of rotatable bonds is 9. The van der Waals surface area contributed by atoms with E-state index >= 15 is 0 Å². The molecule has 0 spiro atoms. The number of carbonyl (C=O) groups is 2. The first-order valence-corrected chi connectivity index (χ1v) is 11.9. The Bertz CT molecular complexity index is 1260. The molecule has 3 amide bonds. The monoisotopic (exact) mass is 481 g/mol. The third-order valence-electron chi connectivity index (χ3n) is 5.20. The number of hydrogen-bond acceptors (Lipinski definition) is 6. The van der Waals surface area contributed by atoms with E-state index in [2.05, 4.69) is 10.6 Å². The smallest absolute Gasteiger partial charge is 0.322 e. The number of nitrogens with one attached hydrogen (secondary N) is 2. The molecule has 1 saturated heterocycles. The number of methoxy groups -OCH3 is 1. The van der Waals surface area contributed by atoms with Crippen molar-refractivity contribution in [3.05, 3.63) is 84.4 Å². The molecule has 3 aromatic rings. The van der Waals surface area contributed by atoms with Crippen molar-refractivity contribution in [3.63, 3.8) is 0 Å². The van der Waals surface area contributed by atoms with Gasteiger partial charge in [-0.2, -0.15) is 4.31 Å². The van der Waals surface area contributed by atoms with E-state index in [-0.39, 0.29) is 18.0 Å². The molecule has 34 heavy (non-hydrogen) atoms. The number of carbonyl (C=O) groups excluding carboxylic acids is 2. The maximum absolute atomic E-state index is 13.5. The standard InChI is InChI=1S/C24H23N3O6S/c1-32-18-7-9-19(10-8-18)33-20-11-13-21(14-12-20)34(30,31)27(15-17-5-3-2-4-6-17)16-22-23(28)26-24(29)25-22/h2-14,22H,15-16H2,1H3,(H2,25,26,28,29). The summed E-state index contributed by atoms with van der Waals surface area (Å²) < 4.78 is 39.0. The van der Waals surface area contributed by atoms with Crippen molar-refractivity contribution in [2.75, 3.05) is 13.7 Å². The normalized spacial score (nSPS) is 15.6. The van der Waals surface area contributed by atoms with Crippen LogP contribution in [0.5, 0.6) is 17.2 Å². The lowest BCUT2D eigenvalue weighted by Gasteiger charge is -2.24. The van der Waals surface area contributed by atoms with Crippen LogP contribution < -0.4 is 20.1 Å². The van der Waals surface area contributed by atoms with Gasteiger partial charge in [-0.05, 0) is 54.1 Å². The van der Waals surface area contributed by atoms with E-state index in [1.807, 2.05) is 6.07 Å². The average Bonchev–Trinajstić information content (AvgIpc) is 3.16. The molecule has 1 unspecified atom stereocenters. The van der Waals surface area contributed by atoms with Crippen LogP contribution in [0.15, 0.2) is 83.8 Å². The fraction of sp³-hybridized carbons (Fsp3) is 0.167. The minimum Gasteiger partial charge on any atom is -0.497 e. The Labute approximate surface area is 197 Å². The molecule has 0 saturated carbocycles. The molecule has 1 heterocycles. The van der Waals surface area contributed by atoms with Crippen LogP contribution in [0.3, 0.4) is 0 Å². The fourth-order valence-corrected chi connectivity index (χ4v) is 4.88. The van der Waals surface area contributed by atoms with E-state index in [9.17, 15) is 18.0 Å². The Morgan fingerprint density at radius 2 is 1.44 bits per heavy atom. The summed E-state index contributed by atoms with van der Waals surface area (Å²) in [5.74, 6) is 1.16. The molecule has 0 bridgehead atoms. The molecule has 1 aliphatic rings. The Morgan fingerprint density at radius 3 is 2.00 bits per heavy atom. The molecular weight excluding hydrogens is 458 g/mol. The number of hydrogen-bond donors (Lipinski definition) is 2. The predicted molar refractivity (Wildman–Crippen MR) is 124 cm³/mol. The van der Waals surface area contributed by atoms with Crippen molar-refractivity contribution in [1.82, 2.24) is 14.9 Å². The number of urea groups is 1. The van der Waals surface area contributed by atoms with Gasteiger partial charge in [-0.3, -0.25) is 10.1 Å². The van der Waals surface area contributed by atoms with Gasteiger partial charge in [-0.25, -0.2) is 13.2 Å². The summed E-state index contributed by atoms with van der Waals surface area (Å²) in [4.78, 5) is 23.6. The van der Waals surface area contributed by atoms with Crippen LogP contribution in [0.2, 0.25) is 0 Å². The number of ether oxygens (including phenoxy) is 2. The highest BCUT2D eigenvalue weighted by Crippen LogP contribution is 2.26. The molecule has 0 aromatic heterocycles. The molecular formula is C24H23N3O6S. The SMILES string of the molecule is COc1ccc(Oc2ccc(S(=O)(=O)N(Cc3ccccc3)CC3NC(=O)NC3=O)cc2)cc1. The number of benzene rings is 3. The van der Waals surface area contributed by atoms with E-state index in [4.69, 9.17) is 9.47 Å². The zero-order valence-corrected chi connectivity index (χ0v) is 19.1. The van der Waals surface area contributed by atoms with Gasteiger partial charge in [0.1, 0.15) is 23.3 Å².